The van der Waals surface area contributed by atoms with E-state index in [9.17, 15) is 4.79 Å². The number of hydrogen-bond donors (Lipinski definition) is 2. The Bertz CT molecular complexity index is 195. The van der Waals surface area contributed by atoms with Gasteiger partial charge in [0.1, 0.15) is 6.04 Å². The number of carboxylic acid groups (broad SMARTS) is 1. The Morgan fingerprint density at radius 1 is 1.75 bits per heavy atom. The second-order valence-electron chi connectivity index (χ2n) is 3.61. The van der Waals surface area contributed by atoms with Crippen LogP contribution >= 0.6 is 11.8 Å². The highest BCUT2D eigenvalue weighted by atomic mass is 32.2. The summed E-state index contributed by atoms with van der Waals surface area (Å²) in [5.41, 5.74) is 0. The number of rotatable bonds is 2. The molecular weight excluding hydrogens is 174 g/mol. The molecule has 0 bridgehead atoms. The molecule has 1 rings (SSSR count). The molecule has 0 aromatic rings. The summed E-state index contributed by atoms with van der Waals surface area (Å²) in [6.07, 6.45) is 0. The lowest BCUT2D eigenvalue weighted by Crippen LogP contribution is -2.46. The third-order valence-corrected chi connectivity index (χ3v) is 4.10. The second-order valence-corrected chi connectivity index (χ2v) is 5.08. The van der Waals surface area contributed by atoms with Crippen LogP contribution in [0.25, 0.3) is 0 Å². The zero-order chi connectivity index (χ0) is 9.35. The molecule has 0 saturated carbocycles. The maximum Gasteiger partial charge on any atom is 0.321 e. The number of aliphatic carboxylic acids is 1. The first kappa shape index (κ1) is 9.86. The lowest BCUT2D eigenvalue weighted by Gasteiger charge is -2.28. The van der Waals surface area contributed by atoms with Crippen LogP contribution in [0.15, 0.2) is 0 Å². The highest BCUT2D eigenvalue weighted by Gasteiger charge is 2.40. The average Bonchev–Trinajstić information content (AvgIpc) is 2.33. The lowest BCUT2D eigenvalue weighted by molar-refractivity contribution is -0.138. The van der Waals surface area contributed by atoms with Gasteiger partial charge in [-0.25, -0.2) is 0 Å². The molecule has 1 aliphatic heterocycles. The monoisotopic (exact) mass is 189 g/mol. The molecule has 0 unspecified atom stereocenters. The van der Waals surface area contributed by atoms with Crippen molar-refractivity contribution in [1.82, 2.24) is 5.32 Å². The minimum Gasteiger partial charge on any atom is -0.480 e. The first-order valence-corrected chi connectivity index (χ1v) is 5.09. The normalized spacial score (nSPS) is 35.8. The molecule has 0 radical (unpaired) electrons. The van der Waals surface area contributed by atoms with Crippen molar-refractivity contribution >= 4 is 17.7 Å². The van der Waals surface area contributed by atoms with Gasteiger partial charge in [-0.3, -0.25) is 10.1 Å². The number of carbonyl (C=O) groups is 1. The van der Waals surface area contributed by atoms with Gasteiger partial charge in [0.05, 0.1) is 4.87 Å². The zero-order valence-electron chi connectivity index (χ0n) is 7.63. The summed E-state index contributed by atoms with van der Waals surface area (Å²) < 4.78 is 0. The van der Waals surface area contributed by atoms with Crippen molar-refractivity contribution < 1.29 is 9.90 Å². The van der Waals surface area contributed by atoms with Crippen LogP contribution in [0.3, 0.4) is 0 Å². The molecule has 2 atom stereocenters. The van der Waals surface area contributed by atoms with Crippen molar-refractivity contribution in [1.29, 1.82) is 0 Å². The van der Waals surface area contributed by atoms with Crippen LogP contribution in [0.2, 0.25) is 0 Å². The molecule has 12 heavy (non-hydrogen) atoms. The number of carboxylic acids is 1. The number of hydrogen-bond acceptors (Lipinski definition) is 3. The van der Waals surface area contributed by atoms with Crippen molar-refractivity contribution in [2.24, 2.45) is 5.92 Å². The Balaban J connectivity index is 2.60. The summed E-state index contributed by atoms with van der Waals surface area (Å²) in [5.74, 6) is 0.378. The van der Waals surface area contributed by atoms with E-state index in [2.05, 4.69) is 26.1 Å². The van der Waals surface area contributed by atoms with Gasteiger partial charge in [-0.05, 0) is 12.8 Å². The maximum absolute atomic E-state index is 10.6. The van der Waals surface area contributed by atoms with E-state index in [4.69, 9.17) is 5.11 Å². The predicted octanol–water partition coefficient (Wildman–Crippen LogP) is 1.15. The van der Waals surface area contributed by atoms with Gasteiger partial charge in [-0.1, -0.05) is 13.8 Å². The molecule has 0 spiro atoms. The number of thioether (sulfide) groups is 1. The van der Waals surface area contributed by atoms with Gasteiger partial charge in [0, 0.05) is 5.75 Å². The summed E-state index contributed by atoms with van der Waals surface area (Å²) in [5, 5.41) is 11.9. The predicted molar refractivity (Wildman–Crippen MR) is 50.3 cm³/mol. The second kappa shape index (κ2) is 3.26. The quantitative estimate of drug-likeness (QED) is 0.684. The van der Waals surface area contributed by atoms with Crippen molar-refractivity contribution in [2.45, 2.75) is 31.7 Å². The van der Waals surface area contributed by atoms with Gasteiger partial charge in [0.2, 0.25) is 0 Å². The van der Waals surface area contributed by atoms with E-state index >= 15 is 0 Å². The van der Waals surface area contributed by atoms with E-state index in [1.807, 2.05) is 0 Å². The molecule has 0 aromatic carbocycles. The topological polar surface area (TPSA) is 49.3 Å². The molecule has 70 valence electrons. The highest BCUT2D eigenvalue weighted by Crippen LogP contribution is 2.36. The van der Waals surface area contributed by atoms with Crippen LogP contribution in [0.4, 0.5) is 0 Å². The van der Waals surface area contributed by atoms with Crippen molar-refractivity contribution in [2.75, 3.05) is 5.75 Å². The van der Waals surface area contributed by atoms with E-state index in [0.29, 0.717) is 11.7 Å². The van der Waals surface area contributed by atoms with E-state index < -0.39 is 5.97 Å². The first-order chi connectivity index (χ1) is 5.46. The largest absolute Gasteiger partial charge is 0.480 e. The van der Waals surface area contributed by atoms with Crippen molar-refractivity contribution in [3.63, 3.8) is 0 Å². The zero-order valence-corrected chi connectivity index (χ0v) is 8.44. The Morgan fingerprint density at radius 2 is 2.33 bits per heavy atom. The van der Waals surface area contributed by atoms with Crippen LogP contribution < -0.4 is 5.32 Å². The molecule has 1 aliphatic rings. The molecular formula is C8H15NO2S. The molecule has 0 amide bonds. The Kier molecular flexibility index (Phi) is 2.68. The Labute approximate surface area is 76.9 Å². The van der Waals surface area contributed by atoms with E-state index in [1.165, 1.54) is 0 Å². The van der Waals surface area contributed by atoms with E-state index in [-0.39, 0.29) is 10.9 Å². The lowest BCUT2D eigenvalue weighted by atomic mass is 10.1. The molecule has 2 N–H and O–H groups in total. The molecule has 0 aliphatic carbocycles. The number of nitrogens with one attached hydrogen (secondary N) is 1. The van der Waals surface area contributed by atoms with Crippen molar-refractivity contribution in [3.8, 4) is 0 Å². The molecule has 3 nitrogen and oxygen atoms in total. The summed E-state index contributed by atoms with van der Waals surface area (Å²) in [4.78, 5) is 10.6. The minimum atomic E-state index is -0.744. The molecule has 0 aromatic heterocycles. The van der Waals surface area contributed by atoms with Crippen LogP contribution in [-0.2, 0) is 4.79 Å². The first-order valence-electron chi connectivity index (χ1n) is 4.10. The smallest absolute Gasteiger partial charge is 0.321 e. The van der Waals surface area contributed by atoms with E-state index in [0.717, 1.165) is 0 Å². The molecule has 1 heterocycles. The Morgan fingerprint density at radius 3 is 2.58 bits per heavy atom. The molecule has 1 saturated heterocycles. The van der Waals surface area contributed by atoms with Gasteiger partial charge < -0.3 is 5.11 Å². The van der Waals surface area contributed by atoms with Crippen LogP contribution in [0, 0.1) is 5.92 Å². The molecule has 1 fully saturated rings. The maximum atomic E-state index is 10.6. The third kappa shape index (κ3) is 1.75. The highest BCUT2D eigenvalue weighted by molar-refractivity contribution is 8.00. The van der Waals surface area contributed by atoms with Gasteiger partial charge in [-0.2, -0.15) is 0 Å². The fourth-order valence-corrected chi connectivity index (χ4v) is 2.45. The minimum absolute atomic E-state index is 0.0664. The van der Waals surface area contributed by atoms with E-state index in [1.54, 1.807) is 11.8 Å². The van der Waals surface area contributed by atoms with Crippen molar-refractivity contribution in [3.05, 3.63) is 0 Å². The summed E-state index contributed by atoms with van der Waals surface area (Å²) in [7, 11) is 0. The van der Waals surface area contributed by atoms with Gasteiger partial charge in [0.15, 0.2) is 0 Å². The fourth-order valence-electron chi connectivity index (χ4n) is 1.15. The van der Waals surface area contributed by atoms with Gasteiger partial charge in [-0.15, -0.1) is 11.8 Å². The third-order valence-electron chi connectivity index (χ3n) is 2.41. The van der Waals surface area contributed by atoms with Gasteiger partial charge in [0.25, 0.3) is 0 Å². The fraction of sp³-hybridized carbons (Fsp3) is 0.875. The summed E-state index contributed by atoms with van der Waals surface area (Å²) in [6.45, 7) is 6.26. The van der Waals surface area contributed by atoms with Crippen LogP contribution in [-0.4, -0.2) is 27.7 Å². The van der Waals surface area contributed by atoms with Gasteiger partial charge >= 0.3 is 5.97 Å². The standard InChI is InChI=1S/C8H15NO2S/c1-5(2)8(3)9-6(4-12-8)7(10)11/h5-6,9H,4H2,1-3H3,(H,10,11)/t6-,8+/m0/s1. The summed E-state index contributed by atoms with van der Waals surface area (Å²) in [6, 6.07) is -0.373. The van der Waals surface area contributed by atoms with Crippen LogP contribution in [0.5, 0.6) is 0 Å². The van der Waals surface area contributed by atoms with Crippen LogP contribution in [0.1, 0.15) is 20.8 Å². The summed E-state index contributed by atoms with van der Waals surface area (Å²) >= 11 is 1.70. The molecule has 4 heteroatoms. The Hall–Kier alpha value is -0.220. The SMILES string of the molecule is CC(C)[C@]1(C)N[C@H](C(=O)O)CS1. The average molecular weight is 189 g/mol.